The maximum Gasteiger partial charge on any atom is 0.409 e. The van der Waals surface area contributed by atoms with Crippen molar-refractivity contribution in [2.45, 2.75) is 57.6 Å². The van der Waals surface area contributed by atoms with Crippen molar-refractivity contribution < 1.29 is 14.6 Å². The Kier molecular flexibility index (Phi) is 6.50. The monoisotopic (exact) mass is 326 g/mol. The third-order valence-electron chi connectivity index (χ3n) is 4.52. The second-order valence-electron chi connectivity index (χ2n) is 6.38. The number of piperidine rings is 1. The Balaban J connectivity index is 1.79. The van der Waals surface area contributed by atoms with Crippen LogP contribution in [-0.2, 0) is 4.74 Å². The molecule has 0 aromatic heterocycles. The van der Waals surface area contributed by atoms with Gasteiger partial charge in [0.05, 0.1) is 18.8 Å². The lowest BCUT2D eigenvalue weighted by Gasteiger charge is -2.35. The first-order valence-corrected chi connectivity index (χ1v) is 8.75. The van der Waals surface area contributed by atoms with Gasteiger partial charge < -0.3 is 25.4 Å². The predicted octanol–water partition coefficient (Wildman–Crippen LogP) is 1.08. The van der Waals surface area contributed by atoms with Gasteiger partial charge in [-0.3, -0.25) is 4.99 Å². The average molecular weight is 326 g/mol. The van der Waals surface area contributed by atoms with E-state index in [9.17, 15) is 9.90 Å². The molecule has 0 radical (unpaired) electrons. The number of ether oxygens (including phenoxy) is 1. The molecule has 1 saturated carbocycles. The number of rotatable bonds is 5. The Morgan fingerprint density at radius 2 is 2.04 bits per heavy atom. The van der Waals surface area contributed by atoms with Gasteiger partial charge in [-0.05, 0) is 46.0 Å². The maximum absolute atomic E-state index is 11.7. The SMILES string of the molecule is CCNC(=NCC1(O)CCC1)NC1CCN(C(=O)OCC)CC1. The van der Waals surface area contributed by atoms with Gasteiger partial charge >= 0.3 is 6.09 Å². The third-order valence-corrected chi connectivity index (χ3v) is 4.52. The fourth-order valence-electron chi connectivity index (χ4n) is 2.90. The van der Waals surface area contributed by atoms with E-state index in [2.05, 4.69) is 15.6 Å². The highest BCUT2D eigenvalue weighted by molar-refractivity contribution is 5.80. The van der Waals surface area contributed by atoms with E-state index in [1.54, 1.807) is 4.90 Å². The molecule has 1 aliphatic carbocycles. The molecular weight excluding hydrogens is 296 g/mol. The van der Waals surface area contributed by atoms with Crippen molar-refractivity contribution in [2.75, 3.05) is 32.8 Å². The summed E-state index contributed by atoms with van der Waals surface area (Å²) in [4.78, 5) is 18.0. The van der Waals surface area contributed by atoms with E-state index in [-0.39, 0.29) is 12.1 Å². The molecule has 0 bridgehead atoms. The molecule has 1 amide bonds. The summed E-state index contributed by atoms with van der Waals surface area (Å²) in [5.74, 6) is 0.752. The molecule has 132 valence electrons. The van der Waals surface area contributed by atoms with Crippen LogP contribution in [-0.4, -0.2) is 66.5 Å². The number of nitrogens with one attached hydrogen (secondary N) is 2. The molecule has 3 N–H and O–H groups in total. The summed E-state index contributed by atoms with van der Waals surface area (Å²) in [6, 6.07) is 0.287. The van der Waals surface area contributed by atoms with Gasteiger partial charge in [0.15, 0.2) is 5.96 Å². The van der Waals surface area contributed by atoms with Gasteiger partial charge in [-0.2, -0.15) is 0 Å². The zero-order chi connectivity index (χ0) is 16.7. The van der Waals surface area contributed by atoms with Crippen molar-refractivity contribution in [3.63, 3.8) is 0 Å². The van der Waals surface area contributed by atoms with Crippen LogP contribution >= 0.6 is 0 Å². The lowest BCUT2D eigenvalue weighted by molar-refractivity contribution is -0.0236. The lowest BCUT2D eigenvalue weighted by atomic mass is 9.80. The van der Waals surface area contributed by atoms with E-state index < -0.39 is 5.60 Å². The van der Waals surface area contributed by atoms with Gasteiger partial charge in [-0.25, -0.2) is 4.79 Å². The van der Waals surface area contributed by atoms with Crippen LogP contribution in [0.4, 0.5) is 4.79 Å². The number of hydrogen-bond acceptors (Lipinski definition) is 4. The summed E-state index contributed by atoms with van der Waals surface area (Å²) >= 11 is 0. The topological polar surface area (TPSA) is 86.2 Å². The fraction of sp³-hybridized carbons (Fsp3) is 0.875. The minimum atomic E-state index is -0.602. The van der Waals surface area contributed by atoms with Crippen LogP contribution in [0.3, 0.4) is 0 Å². The van der Waals surface area contributed by atoms with Crippen LogP contribution in [0, 0.1) is 0 Å². The van der Waals surface area contributed by atoms with Crippen molar-refractivity contribution in [1.82, 2.24) is 15.5 Å². The van der Waals surface area contributed by atoms with Crippen LogP contribution in [0.5, 0.6) is 0 Å². The van der Waals surface area contributed by atoms with Crippen LogP contribution in [0.25, 0.3) is 0 Å². The highest BCUT2D eigenvalue weighted by atomic mass is 16.6. The third kappa shape index (κ3) is 5.27. The first kappa shape index (κ1) is 17.8. The highest BCUT2D eigenvalue weighted by Crippen LogP contribution is 2.31. The van der Waals surface area contributed by atoms with E-state index in [1.807, 2.05) is 13.8 Å². The Hall–Kier alpha value is -1.50. The van der Waals surface area contributed by atoms with Crippen molar-refractivity contribution in [3.8, 4) is 0 Å². The summed E-state index contributed by atoms with van der Waals surface area (Å²) in [5.41, 5.74) is -0.602. The van der Waals surface area contributed by atoms with Crippen LogP contribution in [0.1, 0.15) is 46.0 Å². The van der Waals surface area contributed by atoms with Crippen LogP contribution < -0.4 is 10.6 Å². The van der Waals surface area contributed by atoms with Crippen molar-refractivity contribution in [3.05, 3.63) is 0 Å². The summed E-state index contributed by atoms with van der Waals surface area (Å²) in [6.45, 7) is 6.88. The second kappa shape index (κ2) is 8.38. The summed E-state index contributed by atoms with van der Waals surface area (Å²) in [6.07, 6.45) is 4.28. The zero-order valence-electron chi connectivity index (χ0n) is 14.3. The van der Waals surface area contributed by atoms with Crippen LogP contribution in [0.15, 0.2) is 4.99 Å². The smallest absolute Gasteiger partial charge is 0.409 e. The first-order valence-electron chi connectivity index (χ1n) is 8.75. The average Bonchev–Trinajstić information content (AvgIpc) is 2.52. The van der Waals surface area contributed by atoms with Crippen molar-refractivity contribution >= 4 is 12.1 Å². The van der Waals surface area contributed by atoms with E-state index in [0.717, 1.165) is 44.6 Å². The summed E-state index contributed by atoms with van der Waals surface area (Å²) in [7, 11) is 0. The number of aliphatic hydroxyl groups is 1. The van der Waals surface area contributed by atoms with Crippen molar-refractivity contribution in [1.29, 1.82) is 0 Å². The molecule has 1 aliphatic heterocycles. The van der Waals surface area contributed by atoms with Gasteiger partial charge in [-0.1, -0.05) is 0 Å². The first-order chi connectivity index (χ1) is 11.1. The molecule has 1 heterocycles. The van der Waals surface area contributed by atoms with Crippen LogP contribution in [0.2, 0.25) is 0 Å². The molecule has 2 rings (SSSR count). The molecule has 7 heteroatoms. The molecule has 7 nitrogen and oxygen atoms in total. The Morgan fingerprint density at radius 3 is 2.57 bits per heavy atom. The minimum absolute atomic E-state index is 0.223. The zero-order valence-corrected chi connectivity index (χ0v) is 14.3. The van der Waals surface area contributed by atoms with Gasteiger partial charge in [-0.15, -0.1) is 0 Å². The predicted molar refractivity (Wildman–Crippen MR) is 89.5 cm³/mol. The minimum Gasteiger partial charge on any atom is -0.450 e. The Bertz CT molecular complexity index is 416. The highest BCUT2D eigenvalue weighted by Gasteiger charge is 2.34. The molecule has 0 unspecified atom stereocenters. The van der Waals surface area contributed by atoms with Gasteiger partial charge in [0, 0.05) is 25.7 Å². The Morgan fingerprint density at radius 1 is 1.35 bits per heavy atom. The van der Waals surface area contributed by atoms with E-state index in [0.29, 0.717) is 26.2 Å². The second-order valence-corrected chi connectivity index (χ2v) is 6.38. The summed E-state index contributed by atoms with van der Waals surface area (Å²) in [5, 5.41) is 16.8. The number of hydrogen-bond donors (Lipinski definition) is 3. The number of aliphatic imine (C=N–C) groups is 1. The molecule has 0 spiro atoms. The van der Waals surface area contributed by atoms with Gasteiger partial charge in [0.25, 0.3) is 0 Å². The molecular formula is C16H30N4O3. The molecule has 0 aromatic rings. The normalized spacial score (nSPS) is 21.5. The molecule has 0 atom stereocenters. The number of likely N-dealkylation sites (tertiary alicyclic amines) is 1. The molecule has 1 saturated heterocycles. The lowest BCUT2D eigenvalue weighted by Crippen LogP contribution is -2.50. The number of carbonyl (C=O) groups is 1. The molecule has 23 heavy (non-hydrogen) atoms. The number of amides is 1. The van der Waals surface area contributed by atoms with Gasteiger partial charge in [0.1, 0.15) is 0 Å². The molecule has 0 aromatic carbocycles. The standard InChI is InChI=1S/C16H30N4O3/c1-3-17-14(18-12-16(22)8-5-9-16)19-13-6-10-20(11-7-13)15(21)23-4-2/h13,22H,3-12H2,1-2H3,(H2,17,18,19). The van der Waals surface area contributed by atoms with E-state index in [1.165, 1.54) is 0 Å². The number of nitrogens with zero attached hydrogens (tertiary/aromatic N) is 2. The molecule has 2 fully saturated rings. The number of guanidine groups is 1. The molecule has 2 aliphatic rings. The van der Waals surface area contributed by atoms with E-state index in [4.69, 9.17) is 4.74 Å². The fourth-order valence-corrected chi connectivity index (χ4v) is 2.90. The van der Waals surface area contributed by atoms with E-state index >= 15 is 0 Å². The quantitative estimate of drug-likeness (QED) is 0.520. The van der Waals surface area contributed by atoms with Gasteiger partial charge in [0.2, 0.25) is 0 Å². The summed E-state index contributed by atoms with van der Waals surface area (Å²) < 4.78 is 5.03. The maximum atomic E-state index is 11.7. The number of carbonyl (C=O) groups excluding carboxylic acids is 1. The largest absolute Gasteiger partial charge is 0.450 e. The Labute approximate surface area is 138 Å². The van der Waals surface area contributed by atoms with Crippen molar-refractivity contribution in [2.24, 2.45) is 4.99 Å².